The van der Waals surface area contributed by atoms with Crippen LogP contribution in [0.25, 0.3) is 0 Å². The van der Waals surface area contributed by atoms with Gasteiger partial charge in [0.1, 0.15) is 12.1 Å². The van der Waals surface area contributed by atoms with Gasteiger partial charge in [-0.1, -0.05) is 11.6 Å². The van der Waals surface area contributed by atoms with E-state index in [1.54, 1.807) is 11.1 Å². The molecule has 2 heterocycles. The molecule has 0 N–H and O–H groups in total. The molecule has 0 unspecified atom stereocenters. The van der Waals surface area contributed by atoms with Crippen LogP contribution in [0, 0.1) is 5.82 Å². The molecule has 1 aromatic heterocycles. The van der Waals surface area contributed by atoms with Gasteiger partial charge in [-0.3, -0.25) is 4.79 Å². The Hall–Kier alpha value is -2.05. The van der Waals surface area contributed by atoms with Crippen LogP contribution < -0.4 is 0 Å². The predicted molar refractivity (Wildman–Crippen MR) is 87.4 cm³/mol. The minimum absolute atomic E-state index is 0.0468. The molecule has 3 rings (SSSR count). The van der Waals surface area contributed by atoms with Crippen LogP contribution in [0.1, 0.15) is 22.5 Å². The number of aromatic nitrogens is 2. The maximum Gasteiger partial charge on any atom is 0.254 e. The number of halogens is 2. The summed E-state index contributed by atoms with van der Waals surface area (Å²) in [7, 11) is 0. The van der Waals surface area contributed by atoms with Gasteiger partial charge in [-0.2, -0.15) is 0 Å². The highest BCUT2D eigenvalue weighted by molar-refractivity contribution is 6.31. The second-order valence-corrected chi connectivity index (χ2v) is 6.02. The third-order valence-corrected chi connectivity index (χ3v) is 4.25. The highest BCUT2D eigenvalue weighted by Gasteiger charge is 2.25. The van der Waals surface area contributed by atoms with Crippen LogP contribution in [0.15, 0.2) is 36.8 Å². The lowest BCUT2D eigenvalue weighted by atomic mass is 10.1. The molecule has 1 amide bonds. The summed E-state index contributed by atoms with van der Waals surface area (Å²) < 4.78 is 19.0. The van der Waals surface area contributed by atoms with Gasteiger partial charge in [-0.05, 0) is 37.1 Å². The summed E-state index contributed by atoms with van der Waals surface area (Å²) in [6.45, 7) is 1.49. The molecule has 24 heavy (non-hydrogen) atoms. The predicted octanol–water partition coefficient (Wildman–Crippen LogP) is 2.74. The highest BCUT2D eigenvalue weighted by atomic mass is 35.5. The van der Waals surface area contributed by atoms with Gasteiger partial charge in [-0.25, -0.2) is 14.4 Å². The van der Waals surface area contributed by atoms with Crippen molar-refractivity contribution in [2.24, 2.45) is 0 Å². The van der Waals surface area contributed by atoms with Crippen molar-refractivity contribution < 1.29 is 13.9 Å². The van der Waals surface area contributed by atoms with Crippen LogP contribution in [0.5, 0.6) is 0 Å². The summed E-state index contributed by atoms with van der Waals surface area (Å²) in [5.41, 5.74) is 1.33. The number of aryl methyl sites for hydroxylation is 1. The number of ether oxygens (including phenoxy) is 1. The molecular weight excluding hydrogens is 333 g/mol. The zero-order chi connectivity index (χ0) is 16.9. The Morgan fingerprint density at radius 1 is 1.42 bits per heavy atom. The van der Waals surface area contributed by atoms with Crippen molar-refractivity contribution in [3.63, 3.8) is 0 Å². The molecule has 0 spiro atoms. The van der Waals surface area contributed by atoms with Gasteiger partial charge >= 0.3 is 0 Å². The first-order chi connectivity index (χ1) is 11.6. The summed E-state index contributed by atoms with van der Waals surface area (Å²) in [6, 6.07) is 5.90. The molecule has 1 aromatic carbocycles. The van der Waals surface area contributed by atoms with Gasteiger partial charge in [0, 0.05) is 30.5 Å². The van der Waals surface area contributed by atoms with E-state index in [0.717, 1.165) is 18.5 Å². The average molecular weight is 350 g/mol. The molecular formula is C17H17ClFN3O2. The largest absolute Gasteiger partial charge is 0.375 e. The minimum atomic E-state index is -0.530. The Kier molecular flexibility index (Phi) is 5.37. The van der Waals surface area contributed by atoms with Crippen molar-refractivity contribution in [2.75, 3.05) is 19.7 Å². The molecule has 1 saturated heterocycles. The molecule has 1 atom stereocenters. The number of rotatable bonds is 4. The van der Waals surface area contributed by atoms with Crippen molar-refractivity contribution in [1.82, 2.24) is 14.9 Å². The number of carbonyl (C=O) groups is 1. The molecule has 1 aliphatic heterocycles. The smallest absolute Gasteiger partial charge is 0.254 e. The van der Waals surface area contributed by atoms with Gasteiger partial charge in [0.15, 0.2) is 0 Å². The molecule has 0 aliphatic carbocycles. The van der Waals surface area contributed by atoms with E-state index in [-0.39, 0.29) is 17.0 Å². The van der Waals surface area contributed by atoms with Gasteiger partial charge in [0.05, 0.1) is 17.7 Å². The van der Waals surface area contributed by atoms with E-state index < -0.39 is 5.82 Å². The van der Waals surface area contributed by atoms with Crippen LogP contribution in [-0.4, -0.2) is 46.6 Å². The van der Waals surface area contributed by atoms with Crippen LogP contribution >= 0.6 is 11.6 Å². The monoisotopic (exact) mass is 349 g/mol. The third-order valence-electron chi connectivity index (χ3n) is 3.96. The molecule has 1 aliphatic rings. The molecule has 0 bridgehead atoms. The van der Waals surface area contributed by atoms with Crippen LogP contribution in [0.3, 0.4) is 0 Å². The van der Waals surface area contributed by atoms with Gasteiger partial charge in [0.2, 0.25) is 0 Å². The van der Waals surface area contributed by atoms with E-state index in [9.17, 15) is 9.18 Å². The Labute approximate surface area is 144 Å². The lowest BCUT2D eigenvalue weighted by Crippen LogP contribution is -2.45. The van der Waals surface area contributed by atoms with Crippen molar-refractivity contribution in [3.05, 3.63) is 58.9 Å². The first-order valence-electron chi connectivity index (χ1n) is 7.74. The van der Waals surface area contributed by atoms with Gasteiger partial charge in [-0.15, -0.1) is 0 Å². The Bertz CT molecular complexity index is 714. The minimum Gasteiger partial charge on any atom is -0.375 e. The van der Waals surface area contributed by atoms with Crippen molar-refractivity contribution in [3.8, 4) is 0 Å². The van der Waals surface area contributed by atoms with Crippen molar-refractivity contribution >= 4 is 17.5 Å². The summed E-state index contributed by atoms with van der Waals surface area (Å²) >= 11 is 5.76. The number of amides is 1. The summed E-state index contributed by atoms with van der Waals surface area (Å²) in [4.78, 5) is 22.3. The van der Waals surface area contributed by atoms with Gasteiger partial charge in [0.25, 0.3) is 5.91 Å². The topological polar surface area (TPSA) is 55.3 Å². The normalized spacial score (nSPS) is 17.8. The van der Waals surface area contributed by atoms with Crippen LogP contribution in [-0.2, 0) is 11.2 Å². The van der Waals surface area contributed by atoms with E-state index in [0.29, 0.717) is 25.3 Å². The second-order valence-electron chi connectivity index (χ2n) is 5.61. The second kappa shape index (κ2) is 7.68. The Morgan fingerprint density at radius 3 is 3.04 bits per heavy atom. The Morgan fingerprint density at radius 2 is 2.29 bits per heavy atom. The van der Waals surface area contributed by atoms with E-state index in [4.69, 9.17) is 16.3 Å². The molecule has 126 valence electrons. The maximum absolute atomic E-state index is 13.2. The standard InChI is InChI=1S/C17H17ClFN3O2/c18-15-9-12(1-4-16(15)19)17(23)22-7-8-24-14(10-22)3-2-13-5-6-20-11-21-13/h1,4-6,9,11,14H,2-3,7-8,10H2/t14-/m0/s1. The Balaban J connectivity index is 1.60. The van der Waals surface area contributed by atoms with Crippen molar-refractivity contribution in [2.45, 2.75) is 18.9 Å². The molecule has 0 radical (unpaired) electrons. The highest BCUT2D eigenvalue weighted by Crippen LogP contribution is 2.19. The summed E-state index contributed by atoms with van der Waals surface area (Å²) in [6.07, 6.45) is 4.71. The first-order valence-corrected chi connectivity index (χ1v) is 8.12. The first kappa shape index (κ1) is 16.8. The number of benzene rings is 1. The number of morpholine rings is 1. The lowest BCUT2D eigenvalue weighted by Gasteiger charge is -2.33. The maximum atomic E-state index is 13.2. The summed E-state index contributed by atoms with van der Waals surface area (Å²) in [5, 5.41) is -0.0468. The van der Waals surface area contributed by atoms with E-state index in [1.807, 2.05) is 6.07 Å². The van der Waals surface area contributed by atoms with E-state index in [2.05, 4.69) is 9.97 Å². The van der Waals surface area contributed by atoms with Crippen LogP contribution in [0.2, 0.25) is 5.02 Å². The zero-order valence-corrected chi connectivity index (χ0v) is 13.7. The van der Waals surface area contributed by atoms with E-state index in [1.165, 1.54) is 24.5 Å². The zero-order valence-electron chi connectivity index (χ0n) is 13.0. The van der Waals surface area contributed by atoms with Gasteiger partial charge < -0.3 is 9.64 Å². The lowest BCUT2D eigenvalue weighted by molar-refractivity contribution is -0.0246. The van der Waals surface area contributed by atoms with E-state index >= 15 is 0 Å². The number of carbonyl (C=O) groups excluding carboxylic acids is 1. The third kappa shape index (κ3) is 4.07. The SMILES string of the molecule is O=C(c1ccc(F)c(Cl)c1)N1CCO[C@@H](CCc2ccncn2)C1. The number of hydrogen-bond acceptors (Lipinski definition) is 4. The van der Waals surface area contributed by atoms with Crippen LogP contribution in [0.4, 0.5) is 4.39 Å². The number of nitrogens with zero attached hydrogens (tertiary/aromatic N) is 3. The number of hydrogen-bond donors (Lipinski definition) is 0. The molecule has 5 nitrogen and oxygen atoms in total. The van der Waals surface area contributed by atoms with Crippen molar-refractivity contribution in [1.29, 1.82) is 0 Å². The summed E-state index contributed by atoms with van der Waals surface area (Å²) in [5.74, 6) is -0.690. The average Bonchev–Trinajstić information content (AvgIpc) is 2.63. The fourth-order valence-corrected chi connectivity index (χ4v) is 2.85. The molecule has 0 saturated carbocycles. The quantitative estimate of drug-likeness (QED) is 0.851. The molecule has 7 heteroatoms. The molecule has 2 aromatic rings. The molecule has 1 fully saturated rings. The fraction of sp³-hybridized carbons (Fsp3) is 0.353. The fourth-order valence-electron chi connectivity index (χ4n) is 2.67.